The number of anilines is 1. The molecule has 1 aromatic carbocycles. The molecule has 1 fully saturated rings. The van der Waals surface area contributed by atoms with E-state index in [0.717, 1.165) is 18.4 Å². The van der Waals surface area contributed by atoms with Crippen molar-refractivity contribution in [2.75, 3.05) is 31.7 Å². The lowest BCUT2D eigenvalue weighted by atomic mass is 10.0. The molecule has 2 N–H and O–H groups in total. The van der Waals surface area contributed by atoms with Crippen molar-refractivity contribution >= 4 is 21.6 Å². The number of aromatic nitrogens is 2. The zero-order valence-electron chi connectivity index (χ0n) is 18.9. The molecule has 1 amide bonds. The molecule has 9 nitrogen and oxygen atoms in total. The maximum absolute atomic E-state index is 13.2. The van der Waals surface area contributed by atoms with Crippen LogP contribution in [0.25, 0.3) is 0 Å². The Balaban J connectivity index is 1.78. The maximum Gasteiger partial charge on any atom is 0.416 e. The summed E-state index contributed by atoms with van der Waals surface area (Å²) in [7, 11) is -1.84. The Morgan fingerprint density at radius 1 is 1.18 bits per heavy atom. The number of carbonyl (C=O) groups is 1. The Hall–Kier alpha value is -2.93. The van der Waals surface area contributed by atoms with Crippen molar-refractivity contribution in [1.82, 2.24) is 19.4 Å². The molecule has 2 aromatic rings. The fourth-order valence-corrected chi connectivity index (χ4v) is 4.66. The minimum absolute atomic E-state index is 0.0715. The highest BCUT2D eigenvalue weighted by Crippen LogP contribution is 2.33. The molecule has 3 rings (SSSR count). The zero-order chi connectivity index (χ0) is 25.3. The molecule has 0 unspecified atom stereocenters. The SMILES string of the molecule is CNc1cc([C@@H](C)NC(=O)c2ccc(=O)n(C3CCN(S(C)(=O)=O)CC3)n2)cc(C(F)(F)F)c1. The highest BCUT2D eigenvalue weighted by Gasteiger charge is 2.32. The van der Waals surface area contributed by atoms with E-state index in [1.807, 2.05) is 0 Å². The lowest BCUT2D eigenvalue weighted by Gasteiger charge is -2.30. The predicted molar refractivity (Wildman–Crippen MR) is 120 cm³/mol. The minimum Gasteiger partial charge on any atom is -0.388 e. The summed E-state index contributed by atoms with van der Waals surface area (Å²) in [5, 5.41) is 9.45. The standard InChI is InChI=1S/C21H26F3N5O4S/c1-13(14-10-15(21(22,23)24)12-16(11-14)25-2)26-20(31)18-4-5-19(30)29(27-18)17-6-8-28(9-7-17)34(3,32)33/h4-5,10-13,17,25H,6-9H2,1-3H3,(H,26,31)/t13-/m1/s1. The minimum atomic E-state index is -4.55. The molecule has 1 aliphatic rings. The lowest BCUT2D eigenvalue weighted by Crippen LogP contribution is -2.41. The third-order valence-corrected chi connectivity index (χ3v) is 7.02. The summed E-state index contributed by atoms with van der Waals surface area (Å²) in [4.78, 5) is 25.1. The number of amides is 1. The summed E-state index contributed by atoms with van der Waals surface area (Å²) in [6, 6.07) is 4.74. The summed E-state index contributed by atoms with van der Waals surface area (Å²) in [5.74, 6) is -0.654. The number of piperidine rings is 1. The average molecular weight is 502 g/mol. The first-order chi connectivity index (χ1) is 15.8. The number of nitrogens with one attached hydrogen (secondary N) is 2. The molecule has 0 aliphatic carbocycles. The molecule has 0 saturated carbocycles. The fourth-order valence-electron chi connectivity index (χ4n) is 3.79. The Morgan fingerprint density at radius 2 is 1.82 bits per heavy atom. The molecule has 0 radical (unpaired) electrons. The molecule has 1 aliphatic heterocycles. The molecule has 2 heterocycles. The highest BCUT2D eigenvalue weighted by molar-refractivity contribution is 7.88. The Morgan fingerprint density at radius 3 is 2.38 bits per heavy atom. The van der Waals surface area contributed by atoms with Gasteiger partial charge < -0.3 is 10.6 Å². The monoisotopic (exact) mass is 501 g/mol. The molecule has 1 saturated heterocycles. The van der Waals surface area contributed by atoms with Crippen molar-refractivity contribution in [2.24, 2.45) is 0 Å². The zero-order valence-corrected chi connectivity index (χ0v) is 19.7. The van der Waals surface area contributed by atoms with Crippen LogP contribution in [0.2, 0.25) is 0 Å². The fraction of sp³-hybridized carbons (Fsp3) is 0.476. The van der Waals surface area contributed by atoms with Gasteiger partial charge >= 0.3 is 6.18 Å². The second-order valence-corrected chi connectivity index (χ2v) is 10.2. The van der Waals surface area contributed by atoms with Gasteiger partial charge in [-0.05, 0) is 49.6 Å². The number of rotatable bonds is 6. The largest absolute Gasteiger partial charge is 0.416 e. The van der Waals surface area contributed by atoms with Crippen LogP contribution in [0.4, 0.5) is 18.9 Å². The Labute approximate surface area is 195 Å². The quantitative estimate of drug-likeness (QED) is 0.629. The van der Waals surface area contributed by atoms with Crippen molar-refractivity contribution in [1.29, 1.82) is 0 Å². The summed E-state index contributed by atoms with van der Waals surface area (Å²) < 4.78 is 65.6. The van der Waals surface area contributed by atoms with Gasteiger partial charge in [0.15, 0.2) is 0 Å². The van der Waals surface area contributed by atoms with Crippen LogP contribution in [0.1, 0.15) is 53.5 Å². The van der Waals surface area contributed by atoms with Gasteiger partial charge in [-0.15, -0.1) is 0 Å². The Kier molecular flexibility index (Phi) is 7.36. The van der Waals surface area contributed by atoms with Gasteiger partial charge in [-0.3, -0.25) is 9.59 Å². The number of hydrogen-bond donors (Lipinski definition) is 2. The van der Waals surface area contributed by atoms with Crippen molar-refractivity contribution < 1.29 is 26.4 Å². The van der Waals surface area contributed by atoms with E-state index in [-0.39, 0.29) is 36.1 Å². The van der Waals surface area contributed by atoms with Gasteiger partial charge in [-0.1, -0.05) is 0 Å². The van der Waals surface area contributed by atoms with Crippen molar-refractivity contribution in [3.63, 3.8) is 0 Å². The van der Waals surface area contributed by atoms with Crippen LogP contribution in [-0.2, 0) is 16.2 Å². The molecule has 0 bridgehead atoms. The number of carbonyl (C=O) groups excluding carboxylic acids is 1. The van der Waals surface area contributed by atoms with Crippen LogP contribution in [-0.4, -0.2) is 54.8 Å². The summed E-state index contributed by atoms with van der Waals surface area (Å²) in [5.41, 5.74) is -0.855. The molecule has 34 heavy (non-hydrogen) atoms. The van der Waals surface area contributed by atoms with Gasteiger partial charge in [0.1, 0.15) is 5.69 Å². The molecule has 13 heteroatoms. The van der Waals surface area contributed by atoms with Crippen molar-refractivity contribution in [2.45, 2.75) is 38.0 Å². The smallest absolute Gasteiger partial charge is 0.388 e. The maximum atomic E-state index is 13.2. The first kappa shape index (κ1) is 25.7. The third kappa shape index (κ3) is 5.95. The lowest BCUT2D eigenvalue weighted by molar-refractivity contribution is -0.137. The second kappa shape index (κ2) is 9.74. The van der Waals surface area contributed by atoms with Crippen molar-refractivity contribution in [3.05, 3.63) is 57.5 Å². The van der Waals surface area contributed by atoms with E-state index in [2.05, 4.69) is 15.7 Å². The van der Waals surface area contributed by atoms with Crippen LogP contribution >= 0.6 is 0 Å². The van der Waals surface area contributed by atoms with Gasteiger partial charge in [0.25, 0.3) is 11.5 Å². The Bertz CT molecular complexity index is 1220. The van der Waals surface area contributed by atoms with E-state index < -0.39 is 39.3 Å². The first-order valence-corrected chi connectivity index (χ1v) is 12.4. The third-order valence-electron chi connectivity index (χ3n) is 5.71. The van der Waals surface area contributed by atoms with E-state index in [4.69, 9.17) is 0 Å². The topological polar surface area (TPSA) is 113 Å². The number of benzene rings is 1. The summed E-state index contributed by atoms with van der Waals surface area (Å²) in [6.45, 7) is 2.01. The molecule has 0 spiro atoms. The molecule has 1 aromatic heterocycles. The number of halogens is 3. The van der Waals surface area contributed by atoms with E-state index >= 15 is 0 Å². The molecular formula is C21H26F3N5O4S. The average Bonchev–Trinajstić information content (AvgIpc) is 2.77. The van der Waals surface area contributed by atoms with E-state index in [1.54, 1.807) is 6.92 Å². The number of alkyl halides is 3. The van der Waals surface area contributed by atoms with Crippen LogP contribution in [0.5, 0.6) is 0 Å². The summed E-state index contributed by atoms with van der Waals surface area (Å²) >= 11 is 0. The van der Waals surface area contributed by atoms with E-state index in [1.165, 1.54) is 34.2 Å². The van der Waals surface area contributed by atoms with Gasteiger partial charge in [0, 0.05) is 31.9 Å². The number of sulfonamides is 1. The molecule has 186 valence electrons. The van der Waals surface area contributed by atoms with Crippen LogP contribution in [0.3, 0.4) is 0 Å². The second-order valence-electron chi connectivity index (χ2n) is 8.18. The van der Waals surface area contributed by atoms with Gasteiger partial charge in [-0.25, -0.2) is 17.4 Å². The number of nitrogens with zero attached hydrogens (tertiary/aromatic N) is 3. The first-order valence-electron chi connectivity index (χ1n) is 10.6. The molecule has 1 atom stereocenters. The normalized spacial score (nSPS) is 16.8. The summed E-state index contributed by atoms with van der Waals surface area (Å²) in [6.07, 6.45) is -2.71. The van der Waals surface area contributed by atoms with Crippen LogP contribution < -0.4 is 16.2 Å². The van der Waals surface area contributed by atoms with Crippen LogP contribution in [0.15, 0.2) is 35.1 Å². The van der Waals surface area contributed by atoms with Crippen LogP contribution in [0, 0.1) is 0 Å². The van der Waals surface area contributed by atoms with Gasteiger partial charge in [0.2, 0.25) is 10.0 Å². The van der Waals surface area contributed by atoms with E-state index in [9.17, 15) is 31.2 Å². The predicted octanol–water partition coefficient (Wildman–Crippen LogP) is 2.39. The van der Waals surface area contributed by atoms with Gasteiger partial charge in [-0.2, -0.15) is 18.3 Å². The van der Waals surface area contributed by atoms with Gasteiger partial charge in [0.05, 0.1) is 23.9 Å². The van der Waals surface area contributed by atoms with Crippen molar-refractivity contribution in [3.8, 4) is 0 Å². The number of hydrogen-bond acceptors (Lipinski definition) is 6. The molecular weight excluding hydrogens is 475 g/mol. The van der Waals surface area contributed by atoms with E-state index in [0.29, 0.717) is 12.8 Å². The highest BCUT2D eigenvalue weighted by atomic mass is 32.2.